The first-order valence-electron chi connectivity index (χ1n) is 7.58. The minimum Gasteiger partial charge on any atom is -0.461 e. The number of hydrogen-bond donors (Lipinski definition) is 1. The van der Waals surface area contributed by atoms with Crippen molar-refractivity contribution in [2.45, 2.75) is 58.1 Å². The molecule has 3 rings (SSSR count). The highest BCUT2D eigenvalue weighted by molar-refractivity contribution is 5.38. The molecule has 1 aromatic heterocycles. The number of rotatable bonds is 3. The number of nitrogen functional groups attached to an aromatic ring is 1. The van der Waals surface area contributed by atoms with Crippen LogP contribution in [0.15, 0.2) is 0 Å². The molecule has 110 valence electrons. The van der Waals surface area contributed by atoms with E-state index in [-0.39, 0.29) is 12.1 Å². The second-order valence-corrected chi connectivity index (χ2v) is 6.04. The molecule has 2 fully saturated rings. The highest BCUT2D eigenvalue weighted by atomic mass is 16.5. The summed E-state index contributed by atoms with van der Waals surface area (Å²) in [5, 5.41) is 0. The molecule has 2 unspecified atom stereocenters. The van der Waals surface area contributed by atoms with E-state index in [1.807, 2.05) is 13.8 Å². The maximum Gasteiger partial charge on any atom is 0.323 e. The van der Waals surface area contributed by atoms with Gasteiger partial charge in [-0.2, -0.15) is 15.0 Å². The molecule has 0 radical (unpaired) electrons. The standard InChI is InChI=1S/C14H23N5O/c1-9(2)20-14-17-12(15)16-13(18-14)19-8-4-6-10-5-3-7-11(10)19/h9-11H,3-8H2,1-2H3,(H2,15,16,17,18). The average molecular weight is 277 g/mol. The van der Waals surface area contributed by atoms with Crippen LogP contribution in [0.25, 0.3) is 0 Å². The Kier molecular flexibility index (Phi) is 3.63. The van der Waals surface area contributed by atoms with Gasteiger partial charge in [-0.25, -0.2) is 0 Å². The van der Waals surface area contributed by atoms with Gasteiger partial charge in [-0.3, -0.25) is 0 Å². The Morgan fingerprint density at radius 3 is 2.75 bits per heavy atom. The lowest BCUT2D eigenvalue weighted by Crippen LogP contribution is -2.43. The first-order chi connectivity index (χ1) is 9.63. The van der Waals surface area contributed by atoms with Crippen molar-refractivity contribution in [1.29, 1.82) is 0 Å². The van der Waals surface area contributed by atoms with Gasteiger partial charge in [-0.1, -0.05) is 6.42 Å². The zero-order valence-electron chi connectivity index (χ0n) is 12.2. The first kappa shape index (κ1) is 13.4. The van der Waals surface area contributed by atoms with Gasteiger partial charge >= 0.3 is 6.01 Å². The molecule has 0 amide bonds. The van der Waals surface area contributed by atoms with Crippen LogP contribution in [0.5, 0.6) is 6.01 Å². The minimum absolute atomic E-state index is 0.0326. The average Bonchev–Trinajstić information content (AvgIpc) is 2.84. The van der Waals surface area contributed by atoms with Crippen LogP contribution >= 0.6 is 0 Å². The van der Waals surface area contributed by atoms with Crippen molar-refractivity contribution < 1.29 is 4.74 Å². The van der Waals surface area contributed by atoms with Gasteiger partial charge in [-0.05, 0) is 45.4 Å². The lowest BCUT2D eigenvalue weighted by Gasteiger charge is -2.37. The molecule has 6 heteroatoms. The van der Waals surface area contributed by atoms with E-state index in [4.69, 9.17) is 10.5 Å². The number of nitrogens with two attached hydrogens (primary N) is 1. The van der Waals surface area contributed by atoms with Crippen LogP contribution in [0.2, 0.25) is 0 Å². The van der Waals surface area contributed by atoms with Crippen molar-refractivity contribution in [2.24, 2.45) is 5.92 Å². The molecule has 1 saturated heterocycles. The van der Waals surface area contributed by atoms with Crippen molar-refractivity contribution in [3.63, 3.8) is 0 Å². The Labute approximate surface area is 119 Å². The SMILES string of the molecule is CC(C)Oc1nc(N)nc(N2CCCC3CCCC32)n1. The van der Waals surface area contributed by atoms with Crippen molar-refractivity contribution in [2.75, 3.05) is 17.2 Å². The predicted molar refractivity (Wildman–Crippen MR) is 77.7 cm³/mol. The molecule has 20 heavy (non-hydrogen) atoms. The zero-order chi connectivity index (χ0) is 14.1. The van der Waals surface area contributed by atoms with Gasteiger partial charge in [0.15, 0.2) is 0 Å². The maximum absolute atomic E-state index is 5.81. The van der Waals surface area contributed by atoms with Gasteiger partial charge in [-0.15, -0.1) is 0 Å². The third kappa shape index (κ3) is 2.64. The number of fused-ring (bicyclic) bond motifs is 1. The van der Waals surface area contributed by atoms with Crippen molar-refractivity contribution in [3.05, 3.63) is 0 Å². The van der Waals surface area contributed by atoms with E-state index in [0.717, 1.165) is 12.5 Å². The fraction of sp³-hybridized carbons (Fsp3) is 0.786. The Hall–Kier alpha value is -1.59. The van der Waals surface area contributed by atoms with Gasteiger partial charge < -0.3 is 15.4 Å². The highest BCUT2D eigenvalue weighted by Crippen LogP contribution is 2.38. The Bertz CT molecular complexity index is 479. The third-order valence-electron chi connectivity index (χ3n) is 4.21. The van der Waals surface area contributed by atoms with Gasteiger partial charge in [0.1, 0.15) is 0 Å². The fourth-order valence-electron chi connectivity index (χ4n) is 3.46. The van der Waals surface area contributed by atoms with Gasteiger partial charge in [0.25, 0.3) is 0 Å². The molecule has 1 aliphatic heterocycles. The van der Waals surface area contributed by atoms with Crippen molar-refractivity contribution >= 4 is 11.9 Å². The summed E-state index contributed by atoms with van der Waals surface area (Å²) in [6, 6.07) is 0.903. The number of piperidine rings is 1. The first-order valence-corrected chi connectivity index (χ1v) is 7.58. The van der Waals surface area contributed by atoms with E-state index >= 15 is 0 Å². The zero-order valence-corrected chi connectivity index (χ0v) is 12.2. The quantitative estimate of drug-likeness (QED) is 0.910. The lowest BCUT2D eigenvalue weighted by molar-refractivity contribution is 0.221. The number of nitrogens with zero attached hydrogens (tertiary/aromatic N) is 4. The van der Waals surface area contributed by atoms with Crippen molar-refractivity contribution in [1.82, 2.24) is 15.0 Å². The molecule has 0 spiro atoms. The second kappa shape index (κ2) is 5.42. The van der Waals surface area contributed by atoms with Gasteiger partial charge in [0.05, 0.1) is 6.10 Å². The largest absolute Gasteiger partial charge is 0.461 e. The monoisotopic (exact) mass is 277 g/mol. The van der Waals surface area contributed by atoms with Crippen LogP contribution in [0.3, 0.4) is 0 Å². The normalized spacial score (nSPS) is 25.9. The van der Waals surface area contributed by atoms with Crippen LogP contribution in [-0.4, -0.2) is 33.6 Å². The summed E-state index contributed by atoms with van der Waals surface area (Å²) in [6.07, 6.45) is 6.44. The molecule has 0 aromatic carbocycles. The summed E-state index contributed by atoms with van der Waals surface area (Å²) in [6.45, 7) is 4.91. The molecule has 2 N–H and O–H groups in total. The Morgan fingerprint density at radius 1 is 1.15 bits per heavy atom. The third-order valence-corrected chi connectivity index (χ3v) is 4.21. The molecule has 2 aliphatic rings. The molecule has 1 aliphatic carbocycles. The minimum atomic E-state index is 0.0326. The molecular weight excluding hydrogens is 254 g/mol. The molecule has 0 bridgehead atoms. The van der Waals surface area contributed by atoms with E-state index in [0.29, 0.717) is 18.0 Å². The fourth-order valence-corrected chi connectivity index (χ4v) is 3.46. The van der Waals surface area contributed by atoms with E-state index in [1.165, 1.54) is 32.1 Å². The lowest BCUT2D eigenvalue weighted by atomic mass is 9.92. The van der Waals surface area contributed by atoms with Crippen LogP contribution in [0.4, 0.5) is 11.9 Å². The molecular formula is C14H23N5O. The molecule has 6 nitrogen and oxygen atoms in total. The highest BCUT2D eigenvalue weighted by Gasteiger charge is 2.36. The van der Waals surface area contributed by atoms with E-state index in [1.54, 1.807) is 0 Å². The second-order valence-electron chi connectivity index (χ2n) is 6.04. The predicted octanol–water partition coefficient (Wildman–Crippen LogP) is 2.01. The van der Waals surface area contributed by atoms with Gasteiger partial charge in [0.2, 0.25) is 11.9 Å². The Morgan fingerprint density at radius 2 is 1.95 bits per heavy atom. The van der Waals surface area contributed by atoms with Crippen LogP contribution in [0, 0.1) is 5.92 Å². The van der Waals surface area contributed by atoms with E-state index in [2.05, 4.69) is 19.9 Å². The summed E-state index contributed by atoms with van der Waals surface area (Å²) in [5.74, 6) is 1.71. The van der Waals surface area contributed by atoms with Crippen LogP contribution in [0.1, 0.15) is 46.0 Å². The van der Waals surface area contributed by atoms with E-state index in [9.17, 15) is 0 Å². The van der Waals surface area contributed by atoms with E-state index < -0.39 is 0 Å². The smallest absolute Gasteiger partial charge is 0.323 e. The summed E-state index contributed by atoms with van der Waals surface area (Å²) in [5.41, 5.74) is 5.81. The number of hydrogen-bond acceptors (Lipinski definition) is 6. The topological polar surface area (TPSA) is 77.2 Å². The number of aromatic nitrogens is 3. The van der Waals surface area contributed by atoms with Gasteiger partial charge in [0, 0.05) is 12.6 Å². The number of ether oxygens (including phenoxy) is 1. The van der Waals surface area contributed by atoms with Crippen molar-refractivity contribution in [3.8, 4) is 6.01 Å². The summed E-state index contributed by atoms with van der Waals surface area (Å²) in [4.78, 5) is 15.2. The molecule has 1 aromatic rings. The molecule has 1 saturated carbocycles. The summed E-state index contributed by atoms with van der Waals surface area (Å²) < 4.78 is 5.57. The Balaban J connectivity index is 1.86. The summed E-state index contributed by atoms with van der Waals surface area (Å²) in [7, 11) is 0. The summed E-state index contributed by atoms with van der Waals surface area (Å²) >= 11 is 0. The van der Waals surface area contributed by atoms with Crippen LogP contribution < -0.4 is 15.4 Å². The van der Waals surface area contributed by atoms with Crippen LogP contribution in [-0.2, 0) is 0 Å². The molecule has 2 heterocycles. The number of anilines is 2. The maximum atomic E-state index is 5.81. The molecule has 2 atom stereocenters.